The molecule has 1 heterocycles. The number of aromatic nitrogens is 1. The first kappa shape index (κ1) is 15.2. The van der Waals surface area contributed by atoms with Crippen LogP contribution in [0.15, 0.2) is 48.7 Å². The topological polar surface area (TPSA) is 57.9 Å². The molecule has 0 atom stereocenters. The van der Waals surface area contributed by atoms with E-state index in [4.69, 9.17) is 10.00 Å². The third-order valence-corrected chi connectivity index (χ3v) is 3.07. The largest absolute Gasteiger partial charge is 0.377 e. The molecule has 4 nitrogen and oxygen atoms in total. The number of hydrogen-bond donors (Lipinski definition) is 1. The summed E-state index contributed by atoms with van der Waals surface area (Å²) in [4.78, 5) is 4.01. The molecule has 0 spiro atoms. The van der Waals surface area contributed by atoms with E-state index in [1.165, 1.54) is 5.56 Å². The van der Waals surface area contributed by atoms with Crippen LogP contribution in [0, 0.1) is 11.3 Å². The van der Waals surface area contributed by atoms with Gasteiger partial charge in [0.2, 0.25) is 0 Å². The molecule has 0 saturated heterocycles. The van der Waals surface area contributed by atoms with Crippen LogP contribution in [-0.2, 0) is 17.9 Å². The summed E-state index contributed by atoms with van der Waals surface area (Å²) >= 11 is 0. The van der Waals surface area contributed by atoms with Gasteiger partial charge in [-0.25, -0.2) is 4.98 Å². The number of benzene rings is 1. The average Bonchev–Trinajstić information content (AvgIpc) is 2.55. The standard InChI is InChI=1S/C17H19N3O/c18-12-17-16(8-4-10-20-17)14-21-11-5-9-19-13-15-6-2-1-3-7-15/h1-4,6-8,10,19H,5,9,11,13-14H2. The van der Waals surface area contributed by atoms with Crippen LogP contribution in [0.1, 0.15) is 23.2 Å². The van der Waals surface area contributed by atoms with Crippen molar-refractivity contribution in [2.24, 2.45) is 0 Å². The summed E-state index contributed by atoms with van der Waals surface area (Å²) in [6.45, 7) is 2.89. The van der Waals surface area contributed by atoms with Gasteiger partial charge in [0.15, 0.2) is 0 Å². The Bertz CT molecular complexity index is 578. The van der Waals surface area contributed by atoms with E-state index in [1.807, 2.05) is 30.3 Å². The molecule has 1 aromatic heterocycles. The predicted molar refractivity (Wildman–Crippen MR) is 81.4 cm³/mol. The van der Waals surface area contributed by atoms with Crippen molar-refractivity contribution in [1.29, 1.82) is 5.26 Å². The number of rotatable bonds is 8. The second-order valence-corrected chi connectivity index (χ2v) is 4.69. The van der Waals surface area contributed by atoms with E-state index in [0.717, 1.165) is 25.1 Å². The number of nitrogens with zero attached hydrogens (tertiary/aromatic N) is 2. The molecule has 0 fully saturated rings. The van der Waals surface area contributed by atoms with Crippen molar-refractivity contribution in [3.63, 3.8) is 0 Å². The number of nitriles is 1. The monoisotopic (exact) mass is 281 g/mol. The molecular formula is C17H19N3O. The van der Waals surface area contributed by atoms with E-state index in [9.17, 15) is 0 Å². The Kier molecular flexibility index (Phi) is 6.40. The van der Waals surface area contributed by atoms with Gasteiger partial charge in [-0.15, -0.1) is 0 Å². The molecule has 0 aliphatic heterocycles. The van der Waals surface area contributed by atoms with E-state index < -0.39 is 0 Å². The molecule has 1 aromatic carbocycles. The van der Waals surface area contributed by atoms with Crippen LogP contribution in [0.3, 0.4) is 0 Å². The average molecular weight is 281 g/mol. The molecule has 21 heavy (non-hydrogen) atoms. The molecule has 0 aliphatic rings. The fraction of sp³-hybridized carbons (Fsp3) is 0.294. The van der Waals surface area contributed by atoms with Crippen molar-refractivity contribution in [3.8, 4) is 6.07 Å². The van der Waals surface area contributed by atoms with Crippen molar-refractivity contribution >= 4 is 0 Å². The SMILES string of the molecule is N#Cc1ncccc1COCCCNCc1ccccc1. The zero-order valence-electron chi connectivity index (χ0n) is 12.0. The summed E-state index contributed by atoms with van der Waals surface area (Å²) in [5.74, 6) is 0. The van der Waals surface area contributed by atoms with Crippen molar-refractivity contribution in [2.45, 2.75) is 19.6 Å². The maximum Gasteiger partial charge on any atom is 0.145 e. The zero-order valence-corrected chi connectivity index (χ0v) is 12.0. The van der Waals surface area contributed by atoms with E-state index in [0.29, 0.717) is 18.9 Å². The number of hydrogen-bond acceptors (Lipinski definition) is 4. The Morgan fingerprint density at radius 1 is 1.14 bits per heavy atom. The van der Waals surface area contributed by atoms with Crippen LogP contribution >= 0.6 is 0 Å². The first-order chi connectivity index (χ1) is 10.4. The second-order valence-electron chi connectivity index (χ2n) is 4.69. The van der Waals surface area contributed by atoms with Crippen LogP contribution < -0.4 is 5.32 Å². The third-order valence-electron chi connectivity index (χ3n) is 3.07. The minimum atomic E-state index is 0.440. The Morgan fingerprint density at radius 3 is 2.81 bits per heavy atom. The van der Waals surface area contributed by atoms with Crippen molar-refractivity contribution in [2.75, 3.05) is 13.2 Å². The summed E-state index contributed by atoms with van der Waals surface area (Å²) < 4.78 is 5.58. The Balaban J connectivity index is 1.57. The lowest BCUT2D eigenvalue weighted by atomic mass is 10.2. The van der Waals surface area contributed by atoms with Crippen LogP contribution in [-0.4, -0.2) is 18.1 Å². The van der Waals surface area contributed by atoms with Gasteiger partial charge < -0.3 is 10.1 Å². The highest BCUT2D eigenvalue weighted by atomic mass is 16.5. The molecule has 2 rings (SSSR count). The lowest BCUT2D eigenvalue weighted by Gasteiger charge is -2.07. The maximum absolute atomic E-state index is 8.92. The van der Waals surface area contributed by atoms with Crippen LogP contribution in [0.2, 0.25) is 0 Å². The molecular weight excluding hydrogens is 262 g/mol. The zero-order chi connectivity index (χ0) is 14.8. The second kappa shape index (κ2) is 8.85. The molecule has 2 aromatic rings. The minimum absolute atomic E-state index is 0.440. The first-order valence-electron chi connectivity index (χ1n) is 7.06. The van der Waals surface area contributed by atoms with Gasteiger partial charge in [0.05, 0.1) is 6.61 Å². The molecule has 0 aliphatic carbocycles. The smallest absolute Gasteiger partial charge is 0.145 e. The van der Waals surface area contributed by atoms with Gasteiger partial charge in [-0.05, 0) is 24.6 Å². The Labute approximate surface area is 125 Å². The summed E-state index contributed by atoms with van der Waals surface area (Å²) in [7, 11) is 0. The summed E-state index contributed by atoms with van der Waals surface area (Å²) in [6.07, 6.45) is 2.56. The van der Waals surface area contributed by atoms with Crippen LogP contribution in [0.5, 0.6) is 0 Å². The van der Waals surface area contributed by atoms with Gasteiger partial charge in [0, 0.05) is 24.9 Å². The molecule has 0 bridgehead atoms. The normalized spacial score (nSPS) is 10.2. The molecule has 4 heteroatoms. The summed E-state index contributed by atoms with van der Waals surface area (Å²) in [6, 6.07) is 16.1. The molecule has 0 saturated carbocycles. The number of pyridine rings is 1. The fourth-order valence-corrected chi connectivity index (χ4v) is 1.97. The van der Waals surface area contributed by atoms with E-state index in [-0.39, 0.29) is 0 Å². The first-order valence-corrected chi connectivity index (χ1v) is 7.06. The predicted octanol–water partition coefficient (Wildman–Crippen LogP) is 2.65. The van der Waals surface area contributed by atoms with Crippen LogP contribution in [0.4, 0.5) is 0 Å². The maximum atomic E-state index is 8.92. The third kappa shape index (κ3) is 5.35. The van der Waals surface area contributed by atoms with Gasteiger partial charge in [-0.1, -0.05) is 36.4 Å². The highest BCUT2D eigenvalue weighted by Gasteiger charge is 2.01. The van der Waals surface area contributed by atoms with E-state index in [1.54, 1.807) is 6.20 Å². The minimum Gasteiger partial charge on any atom is -0.377 e. The summed E-state index contributed by atoms with van der Waals surface area (Å²) in [5.41, 5.74) is 2.57. The molecule has 0 radical (unpaired) electrons. The summed E-state index contributed by atoms with van der Waals surface area (Å²) in [5, 5.41) is 12.3. The van der Waals surface area contributed by atoms with Gasteiger partial charge in [-0.2, -0.15) is 5.26 Å². The number of ether oxygens (including phenoxy) is 1. The van der Waals surface area contributed by atoms with Crippen molar-refractivity contribution < 1.29 is 4.74 Å². The lowest BCUT2D eigenvalue weighted by molar-refractivity contribution is 0.118. The van der Waals surface area contributed by atoms with E-state index >= 15 is 0 Å². The lowest BCUT2D eigenvalue weighted by Crippen LogP contribution is -2.16. The van der Waals surface area contributed by atoms with E-state index in [2.05, 4.69) is 28.5 Å². The molecule has 0 unspecified atom stereocenters. The molecule has 1 N–H and O–H groups in total. The molecule has 0 amide bonds. The Hall–Kier alpha value is -2.22. The molecule has 108 valence electrons. The van der Waals surface area contributed by atoms with Gasteiger partial charge in [0.1, 0.15) is 11.8 Å². The quantitative estimate of drug-likeness (QED) is 0.756. The highest BCUT2D eigenvalue weighted by Crippen LogP contribution is 2.05. The van der Waals surface area contributed by atoms with Gasteiger partial charge >= 0.3 is 0 Å². The fourth-order valence-electron chi connectivity index (χ4n) is 1.97. The van der Waals surface area contributed by atoms with Gasteiger partial charge in [0.25, 0.3) is 0 Å². The van der Waals surface area contributed by atoms with Crippen molar-refractivity contribution in [3.05, 3.63) is 65.5 Å². The number of nitrogens with one attached hydrogen (secondary N) is 1. The van der Waals surface area contributed by atoms with Gasteiger partial charge in [-0.3, -0.25) is 0 Å². The highest BCUT2D eigenvalue weighted by molar-refractivity contribution is 5.29. The van der Waals surface area contributed by atoms with Crippen molar-refractivity contribution in [1.82, 2.24) is 10.3 Å². The Morgan fingerprint density at radius 2 is 2.00 bits per heavy atom. The van der Waals surface area contributed by atoms with Crippen LogP contribution in [0.25, 0.3) is 0 Å².